The zero-order valence-corrected chi connectivity index (χ0v) is 24.3. The standard InChI is InChI=1S/C35H44N2S/c1-3-5-7-9-11-15-24-35(25-16-12-10-8-6-4-2)31-20-14-13-18-29(31)30-23-22-27(26-32(30)35)28-19-17-21-33-34(28)37-38-36-33/h13-14,17-23,26H,3-12,15-16,24-25H2,1-2H3. The van der Waals surface area contributed by atoms with E-state index in [1.165, 1.54) is 124 Å². The smallest absolute Gasteiger partial charge is 0.112 e. The molecule has 3 heteroatoms. The fraction of sp³-hybridized carbons (Fsp3) is 0.486. The highest BCUT2D eigenvalue weighted by atomic mass is 32.1. The molecule has 0 radical (unpaired) electrons. The maximum absolute atomic E-state index is 4.67. The predicted octanol–water partition coefficient (Wildman–Crippen LogP) is 11.1. The molecule has 0 saturated heterocycles. The summed E-state index contributed by atoms with van der Waals surface area (Å²) >= 11 is 1.31. The second kappa shape index (κ2) is 13.0. The lowest BCUT2D eigenvalue weighted by Crippen LogP contribution is -2.25. The molecule has 0 fully saturated rings. The fourth-order valence-electron chi connectivity index (χ4n) is 6.74. The number of fused-ring (bicyclic) bond motifs is 4. The van der Waals surface area contributed by atoms with E-state index in [0.717, 1.165) is 11.0 Å². The summed E-state index contributed by atoms with van der Waals surface area (Å²) in [4.78, 5) is 0. The Morgan fingerprint density at radius 3 is 1.95 bits per heavy atom. The monoisotopic (exact) mass is 524 g/mol. The average Bonchev–Trinajstić information content (AvgIpc) is 3.54. The Balaban J connectivity index is 1.50. The molecule has 0 unspecified atom stereocenters. The van der Waals surface area contributed by atoms with Gasteiger partial charge in [-0.3, -0.25) is 0 Å². The molecular formula is C35H44N2S. The van der Waals surface area contributed by atoms with Crippen LogP contribution in [-0.2, 0) is 5.41 Å². The Hall–Kier alpha value is -2.52. The third-order valence-corrected chi connectivity index (χ3v) is 9.32. The largest absolute Gasteiger partial charge is 0.173 e. The average molecular weight is 525 g/mol. The van der Waals surface area contributed by atoms with Crippen molar-refractivity contribution in [2.45, 2.75) is 109 Å². The van der Waals surface area contributed by atoms with Gasteiger partial charge in [-0.1, -0.05) is 139 Å². The molecule has 5 rings (SSSR count). The van der Waals surface area contributed by atoms with Crippen LogP contribution < -0.4 is 0 Å². The minimum absolute atomic E-state index is 0.117. The SMILES string of the molecule is CCCCCCCCC1(CCCCCCCC)c2ccccc2-c2ccc(-c3cccc4nsnc34)cc21. The summed E-state index contributed by atoms with van der Waals surface area (Å²) in [6.07, 6.45) is 18.7. The van der Waals surface area contributed by atoms with Gasteiger partial charge in [-0.25, -0.2) is 0 Å². The van der Waals surface area contributed by atoms with Crippen molar-refractivity contribution in [2.75, 3.05) is 0 Å². The maximum atomic E-state index is 4.67. The van der Waals surface area contributed by atoms with Crippen molar-refractivity contribution >= 4 is 22.8 Å². The van der Waals surface area contributed by atoms with Gasteiger partial charge in [0, 0.05) is 11.0 Å². The second-order valence-corrected chi connectivity index (χ2v) is 11.9. The van der Waals surface area contributed by atoms with Gasteiger partial charge in [0.1, 0.15) is 11.0 Å². The molecule has 0 spiro atoms. The summed E-state index contributed by atoms with van der Waals surface area (Å²) in [5, 5.41) is 0. The second-order valence-electron chi connectivity index (χ2n) is 11.4. The van der Waals surface area contributed by atoms with Crippen molar-refractivity contribution in [3.8, 4) is 22.3 Å². The van der Waals surface area contributed by atoms with Crippen molar-refractivity contribution < 1.29 is 0 Å². The van der Waals surface area contributed by atoms with Crippen LogP contribution >= 0.6 is 11.7 Å². The highest BCUT2D eigenvalue weighted by molar-refractivity contribution is 7.00. The molecule has 200 valence electrons. The van der Waals surface area contributed by atoms with Crippen LogP contribution in [0.15, 0.2) is 60.7 Å². The summed E-state index contributed by atoms with van der Waals surface area (Å²) in [6.45, 7) is 4.61. The first-order valence-corrected chi connectivity index (χ1v) is 16.0. The van der Waals surface area contributed by atoms with Crippen LogP contribution in [0.4, 0.5) is 0 Å². The van der Waals surface area contributed by atoms with Gasteiger partial charge in [0.2, 0.25) is 0 Å². The van der Waals surface area contributed by atoms with Crippen LogP contribution in [-0.4, -0.2) is 8.75 Å². The Bertz CT molecular complexity index is 1300. The van der Waals surface area contributed by atoms with E-state index in [4.69, 9.17) is 0 Å². The number of benzene rings is 3. The molecule has 0 bridgehead atoms. The molecule has 0 atom stereocenters. The molecule has 0 N–H and O–H groups in total. The number of rotatable bonds is 15. The maximum Gasteiger partial charge on any atom is 0.112 e. The minimum Gasteiger partial charge on any atom is -0.173 e. The van der Waals surface area contributed by atoms with Gasteiger partial charge in [0.25, 0.3) is 0 Å². The van der Waals surface area contributed by atoms with E-state index in [9.17, 15) is 0 Å². The van der Waals surface area contributed by atoms with E-state index in [-0.39, 0.29) is 5.41 Å². The van der Waals surface area contributed by atoms with E-state index in [2.05, 4.69) is 83.3 Å². The highest BCUT2D eigenvalue weighted by Crippen LogP contribution is 2.55. The lowest BCUT2D eigenvalue weighted by molar-refractivity contribution is 0.398. The van der Waals surface area contributed by atoms with E-state index in [0.29, 0.717) is 0 Å². The molecule has 3 aromatic carbocycles. The number of unbranched alkanes of at least 4 members (excludes halogenated alkanes) is 10. The molecule has 2 nitrogen and oxygen atoms in total. The molecule has 38 heavy (non-hydrogen) atoms. The van der Waals surface area contributed by atoms with Gasteiger partial charge in [0.15, 0.2) is 0 Å². The number of hydrogen-bond donors (Lipinski definition) is 0. The first-order valence-electron chi connectivity index (χ1n) is 15.2. The zero-order chi connectivity index (χ0) is 26.2. The molecule has 1 aliphatic carbocycles. The van der Waals surface area contributed by atoms with Gasteiger partial charge in [0.05, 0.1) is 11.7 Å². The first kappa shape index (κ1) is 27.1. The number of nitrogens with zero attached hydrogens (tertiary/aromatic N) is 2. The third-order valence-electron chi connectivity index (χ3n) is 8.78. The molecule has 0 saturated carbocycles. The van der Waals surface area contributed by atoms with Crippen LogP contribution in [0.2, 0.25) is 0 Å². The van der Waals surface area contributed by atoms with Crippen molar-refractivity contribution in [3.05, 3.63) is 71.8 Å². The Kier molecular flexibility index (Phi) is 9.27. The van der Waals surface area contributed by atoms with Crippen molar-refractivity contribution in [1.82, 2.24) is 8.75 Å². The van der Waals surface area contributed by atoms with Gasteiger partial charge >= 0.3 is 0 Å². The quantitative estimate of drug-likeness (QED) is 0.144. The Morgan fingerprint density at radius 2 is 1.21 bits per heavy atom. The molecule has 0 aliphatic heterocycles. The highest BCUT2D eigenvalue weighted by Gasteiger charge is 2.42. The van der Waals surface area contributed by atoms with E-state index < -0.39 is 0 Å². The minimum atomic E-state index is 0.117. The van der Waals surface area contributed by atoms with E-state index in [1.807, 2.05) is 0 Å². The van der Waals surface area contributed by atoms with Crippen LogP contribution in [0.5, 0.6) is 0 Å². The van der Waals surface area contributed by atoms with Crippen LogP contribution in [0.3, 0.4) is 0 Å². The lowest BCUT2D eigenvalue weighted by Gasteiger charge is -2.33. The topological polar surface area (TPSA) is 25.8 Å². The van der Waals surface area contributed by atoms with E-state index >= 15 is 0 Å². The molecule has 1 aromatic heterocycles. The molecule has 1 aliphatic rings. The van der Waals surface area contributed by atoms with Gasteiger partial charge in [-0.15, -0.1) is 0 Å². The predicted molar refractivity (Wildman–Crippen MR) is 165 cm³/mol. The summed E-state index contributed by atoms with van der Waals surface area (Å²) < 4.78 is 9.18. The normalized spacial score (nSPS) is 13.6. The zero-order valence-electron chi connectivity index (χ0n) is 23.5. The molecule has 0 amide bonds. The first-order chi connectivity index (χ1) is 18.8. The van der Waals surface area contributed by atoms with Gasteiger partial charge in [-0.2, -0.15) is 8.75 Å². The van der Waals surface area contributed by atoms with Crippen LogP contribution in [0, 0.1) is 0 Å². The number of hydrogen-bond acceptors (Lipinski definition) is 3. The lowest BCUT2D eigenvalue weighted by atomic mass is 9.70. The molecule has 1 heterocycles. The van der Waals surface area contributed by atoms with Gasteiger partial charge < -0.3 is 0 Å². The number of aromatic nitrogens is 2. The summed E-state index contributed by atoms with van der Waals surface area (Å²) in [5.74, 6) is 0. The molecular weight excluding hydrogens is 480 g/mol. The van der Waals surface area contributed by atoms with Crippen LogP contribution in [0.1, 0.15) is 115 Å². The Labute approximate surface area is 234 Å². The summed E-state index contributed by atoms with van der Waals surface area (Å²) in [6, 6.07) is 23.0. The van der Waals surface area contributed by atoms with Crippen molar-refractivity contribution in [2.24, 2.45) is 0 Å². The fourth-order valence-corrected chi connectivity index (χ4v) is 7.29. The van der Waals surface area contributed by atoms with Gasteiger partial charge in [-0.05, 0) is 52.8 Å². The van der Waals surface area contributed by atoms with Crippen molar-refractivity contribution in [1.29, 1.82) is 0 Å². The molecule has 4 aromatic rings. The third kappa shape index (κ3) is 5.59. The summed E-state index contributed by atoms with van der Waals surface area (Å²) in [5.41, 5.74) is 10.7. The summed E-state index contributed by atoms with van der Waals surface area (Å²) in [7, 11) is 0. The Morgan fingerprint density at radius 1 is 0.579 bits per heavy atom. The van der Waals surface area contributed by atoms with Crippen LogP contribution in [0.25, 0.3) is 33.3 Å². The van der Waals surface area contributed by atoms with Crippen molar-refractivity contribution in [3.63, 3.8) is 0 Å². The van der Waals surface area contributed by atoms with E-state index in [1.54, 1.807) is 11.1 Å².